The largest absolute Gasteiger partial charge is 0.330 e. The zero-order valence-electron chi connectivity index (χ0n) is 6.09. The molecule has 0 aromatic heterocycles. The molecule has 59 valence electrons. The lowest BCUT2D eigenvalue weighted by atomic mass is 10.0. The van der Waals surface area contributed by atoms with E-state index in [-0.39, 0.29) is 0 Å². The average molecular weight is 206 g/mol. The molecule has 0 spiro atoms. The van der Waals surface area contributed by atoms with Crippen molar-refractivity contribution in [2.45, 2.75) is 24.2 Å². The summed E-state index contributed by atoms with van der Waals surface area (Å²) in [5.74, 6) is 0.799. The van der Waals surface area contributed by atoms with Gasteiger partial charge in [-0.1, -0.05) is 15.9 Å². The Morgan fingerprint density at radius 1 is 1.60 bits per heavy atom. The van der Waals surface area contributed by atoms with Crippen LogP contribution in [0.5, 0.6) is 0 Å². The summed E-state index contributed by atoms with van der Waals surface area (Å²) in [6, 6.07) is 0. The van der Waals surface area contributed by atoms with E-state index in [1.165, 1.54) is 12.8 Å². The van der Waals surface area contributed by atoms with E-state index >= 15 is 0 Å². The topological polar surface area (TPSA) is 40.1 Å². The van der Waals surface area contributed by atoms with Gasteiger partial charge in [0.1, 0.15) is 0 Å². The summed E-state index contributed by atoms with van der Waals surface area (Å²) >= 11 is 3.47. The monoisotopic (exact) mass is 205 g/mol. The molecule has 1 radical (unpaired) electrons. The van der Waals surface area contributed by atoms with Gasteiger partial charge in [-0.3, -0.25) is 0 Å². The van der Waals surface area contributed by atoms with Gasteiger partial charge in [-0.05, 0) is 31.7 Å². The summed E-state index contributed by atoms with van der Waals surface area (Å²) < 4.78 is 0. The first-order chi connectivity index (χ1) is 4.83. The van der Waals surface area contributed by atoms with E-state index in [4.69, 9.17) is 5.73 Å². The van der Waals surface area contributed by atoms with Crippen molar-refractivity contribution in [2.75, 3.05) is 13.1 Å². The van der Waals surface area contributed by atoms with Gasteiger partial charge in [-0.25, -0.2) is 5.32 Å². The summed E-state index contributed by atoms with van der Waals surface area (Å²) in [4.78, 5) is 0.426. The molecule has 1 heterocycles. The van der Waals surface area contributed by atoms with E-state index in [1.54, 1.807) is 0 Å². The third kappa shape index (κ3) is 2.56. The van der Waals surface area contributed by atoms with Gasteiger partial charge in [-0.2, -0.15) is 0 Å². The molecule has 2 unspecified atom stereocenters. The van der Waals surface area contributed by atoms with Crippen LogP contribution in [0.15, 0.2) is 0 Å². The normalized spacial score (nSPS) is 33.0. The van der Waals surface area contributed by atoms with Gasteiger partial charge in [0.05, 0.1) is 4.95 Å². The molecule has 0 aromatic rings. The first kappa shape index (κ1) is 8.50. The molecule has 0 aliphatic carbocycles. The molecule has 1 saturated heterocycles. The Bertz CT molecular complexity index is 97.6. The second-order valence-corrected chi connectivity index (χ2v) is 3.89. The fourth-order valence-electron chi connectivity index (χ4n) is 1.30. The highest BCUT2D eigenvalue weighted by molar-refractivity contribution is 9.09. The highest BCUT2D eigenvalue weighted by Gasteiger charge is 2.21. The van der Waals surface area contributed by atoms with Crippen LogP contribution in [0.3, 0.4) is 0 Å². The van der Waals surface area contributed by atoms with Crippen molar-refractivity contribution < 1.29 is 0 Å². The SMILES string of the molecule is NCCCC1C[N]C(Br)C1. The van der Waals surface area contributed by atoms with Gasteiger partial charge in [0.15, 0.2) is 0 Å². The fourth-order valence-corrected chi connectivity index (χ4v) is 2.00. The van der Waals surface area contributed by atoms with Crippen molar-refractivity contribution >= 4 is 15.9 Å². The van der Waals surface area contributed by atoms with E-state index in [0.717, 1.165) is 25.4 Å². The van der Waals surface area contributed by atoms with Crippen molar-refractivity contribution in [3.63, 3.8) is 0 Å². The number of hydrogen-bond acceptors (Lipinski definition) is 1. The zero-order valence-corrected chi connectivity index (χ0v) is 7.68. The minimum Gasteiger partial charge on any atom is -0.330 e. The molecule has 3 heteroatoms. The Hall–Kier alpha value is 0.400. The third-order valence-electron chi connectivity index (χ3n) is 1.91. The van der Waals surface area contributed by atoms with Crippen LogP contribution >= 0.6 is 15.9 Å². The molecule has 2 nitrogen and oxygen atoms in total. The summed E-state index contributed by atoms with van der Waals surface area (Å²) in [6.07, 6.45) is 3.61. The molecule has 2 N–H and O–H groups in total. The number of hydrogen-bond donors (Lipinski definition) is 1. The first-order valence-electron chi connectivity index (χ1n) is 3.83. The smallest absolute Gasteiger partial charge is 0.0799 e. The van der Waals surface area contributed by atoms with Crippen molar-refractivity contribution in [1.82, 2.24) is 5.32 Å². The van der Waals surface area contributed by atoms with Gasteiger partial charge in [0.25, 0.3) is 0 Å². The van der Waals surface area contributed by atoms with Crippen LogP contribution < -0.4 is 11.1 Å². The number of nitrogens with two attached hydrogens (primary N) is 1. The Morgan fingerprint density at radius 3 is 2.90 bits per heavy atom. The molecule has 0 amide bonds. The average Bonchev–Trinajstić information content (AvgIpc) is 2.31. The highest BCUT2D eigenvalue weighted by atomic mass is 79.9. The molecule has 1 aliphatic heterocycles. The minimum absolute atomic E-state index is 0.426. The lowest BCUT2D eigenvalue weighted by Crippen LogP contribution is -2.06. The molecule has 0 bridgehead atoms. The standard InChI is InChI=1S/C7H14BrN2/c8-7-4-6(5-10-7)2-1-3-9/h6-7H,1-5,9H2. The summed E-state index contributed by atoms with van der Waals surface area (Å²) in [6.45, 7) is 1.86. The maximum absolute atomic E-state index is 5.40. The molecule has 0 saturated carbocycles. The van der Waals surface area contributed by atoms with Gasteiger partial charge in [0, 0.05) is 6.54 Å². The zero-order chi connectivity index (χ0) is 7.40. The second kappa shape index (κ2) is 4.31. The molecular weight excluding hydrogens is 192 g/mol. The number of alkyl halides is 1. The predicted octanol–water partition coefficient (Wildman–Crippen LogP) is 1.07. The van der Waals surface area contributed by atoms with Crippen molar-refractivity contribution in [1.29, 1.82) is 0 Å². The Kier molecular flexibility index (Phi) is 3.66. The van der Waals surface area contributed by atoms with Crippen LogP contribution in [0.25, 0.3) is 0 Å². The molecule has 1 aliphatic rings. The molecule has 1 rings (SSSR count). The van der Waals surface area contributed by atoms with Crippen LogP contribution in [0, 0.1) is 5.92 Å². The molecule has 1 fully saturated rings. The van der Waals surface area contributed by atoms with Gasteiger partial charge in [-0.15, -0.1) is 0 Å². The van der Waals surface area contributed by atoms with E-state index in [1.807, 2.05) is 0 Å². The van der Waals surface area contributed by atoms with Gasteiger partial charge < -0.3 is 5.73 Å². The summed E-state index contributed by atoms with van der Waals surface area (Å²) in [5.41, 5.74) is 5.40. The second-order valence-electron chi connectivity index (χ2n) is 2.83. The lowest BCUT2D eigenvalue weighted by Gasteiger charge is -2.04. The van der Waals surface area contributed by atoms with Crippen LogP contribution in [-0.2, 0) is 0 Å². The molecule has 2 atom stereocenters. The molecule has 10 heavy (non-hydrogen) atoms. The highest BCUT2D eigenvalue weighted by Crippen LogP contribution is 2.23. The maximum atomic E-state index is 5.40. The van der Waals surface area contributed by atoms with Crippen LogP contribution in [-0.4, -0.2) is 18.0 Å². The lowest BCUT2D eigenvalue weighted by molar-refractivity contribution is 0.512. The minimum atomic E-state index is 0.426. The third-order valence-corrected chi connectivity index (χ3v) is 2.57. The van der Waals surface area contributed by atoms with Crippen LogP contribution in [0.2, 0.25) is 0 Å². The summed E-state index contributed by atoms with van der Waals surface area (Å²) in [5, 5.41) is 4.35. The fraction of sp³-hybridized carbons (Fsp3) is 1.00. The number of nitrogens with zero attached hydrogens (tertiary/aromatic N) is 1. The number of rotatable bonds is 3. The van der Waals surface area contributed by atoms with Gasteiger partial charge >= 0.3 is 0 Å². The van der Waals surface area contributed by atoms with E-state index in [9.17, 15) is 0 Å². The number of halogens is 1. The maximum Gasteiger partial charge on any atom is 0.0799 e. The predicted molar refractivity (Wildman–Crippen MR) is 46.1 cm³/mol. The molecule has 0 aromatic carbocycles. The summed E-state index contributed by atoms with van der Waals surface area (Å²) in [7, 11) is 0. The van der Waals surface area contributed by atoms with E-state index in [0.29, 0.717) is 4.95 Å². The van der Waals surface area contributed by atoms with Crippen LogP contribution in [0.4, 0.5) is 0 Å². The van der Waals surface area contributed by atoms with E-state index in [2.05, 4.69) is 21.2 Å². The van der Waals surface area contributed by atoms with Crippen molar-refractivity contribution in [2.24, 2.45) is 11.7 Å². The van der Waals surface area contributed by atoms with Crippen molar-refractivity contribution in [3.05, 3.63) is 0 Å². The Morgan fingerprint density at radius 2 is 2.40 bits per heavy atom. The Labute approximate surface area is 70.7 Å². The van der Waals surface area contributed by atoms with Crippen molar-refractivity contribution in [3.8, 4) is 0 Å². The molecular formula is C7H14BrN2. The van der Waals surface area contributed by atoms with E-state index < -0.39 is 0 Å². The van der Waals surface area contributed by atoms with Gasteiger partial charge in [0.2, 0.25) is 0 Å². The Balaban J connectivity index is 2.06. The first-order valence-corrected chi connectivity index (χ1v) is 4.75. The quantitative estimate of drug-likeness (QED) is 0.544. The van der Waals surface area contributed by atoms with Crippen LogP contribution in [0.1, 0.15) is 19.3 Å².